The number of fused-ring (bicyclic) bond motifs is 1. The van der Waals surface area contributed by atoms with E-state index < -0.39 is 0 Å². The summed E-state index contributed by atoms with van der Waals surface area (Å²) < 4.78 is 8.17. The van der Waals surface area contributed by atoms with Crippen LogP contribution < -0.4 is 0 Å². The van der Waals surface area contributed by atoms with Gasteiger partial charge in [-0.25, -0.2) is 0 Å². The molecule has 0 bridgehead atoms. The van der Waals surface area contributed by atoms with E-state index >= 15 is 0 Å². The Morgan fingerprint density at radius 2 is 2.24 bits per heavy atom. The molecular weight excluding hydrogens is 352 g/mol. The highest BCUT2D eigenvalue weighted by Crippen LogP contribution is 2.35. The predicted molar refractivity (Wildman–Crippen MR) is 83.3 cm³/mol. The molecule has 0 radical (unpaired) electrons. The minimum absolute atomic E-state index is 0.515. The number of nitrogens with zero attached hydrogens (tertiary/aromatic N) is 4. The van der Waals surface area contributed by atoms with Crippen LogP contribution in [0.5, 0.6) is 0 Å². The third-order valence-corrected chi connectivity index (χ3v) is 5.16. The van der Waals surface area contributed by atoms with Gasteiger partial charge in [-0.05, 0) is 47.2 Å². The Bertz CT molecular complexity index is 776. The smallest absolute Gasteiger partial charge is 0.259 e. The van der Waals surface area contributed by atoms with Gasteiger partial charge in [0.25, 0.3) is 5.89 Å². The van der Waals surface area contributed by atoms with Crippen LogP contribution in [0.25, 0.3) is 11.5 Å². The van der Waals surface area contributed by atoms with E-state index in [1.165, 1.54) is 29.7 Å². The predicted octanol–water partition coefficient (Wildman–Crippen LogP) is 3.68. The average Bonchev–Trinajstić information content (AvgIpc) is 3.19. The first kappa shape index (κ1) is 13.2. The molecule has 3 heterocycles. The lowest BCUT2D eigenvalue weighted by Crippen LogP contribution is -2.01. The summed E-state index contributed by atoms with van der Waals surface area (Å²) in [6.45, 7) is 0.515. The van der Waals surface area contributed by atoms with E-state index in [0.717, 1.165) is 16.5 Å². The van der Waals surface area contributed by atoms with Crippen molar-refractivity contribution in [2.45, 2.75) is 32.2 Å². The van der Waals surface area contributed by atoms with Crippen LogP contribution in [0.2, 0.25) is 0 Å². The van der Waals surface area contributed by atoms with E-state index in [1.54, 1.807) is 10.9 Å². The van der Waals surface area contributed by atoms with Gasteiger partial charge in [0, 0.05) is 16.5 Å². The first-order chi connectivity index (χ1) is 10.3. The molecule has 0 aliphatic heterocycles. The molecule has 0 N–H and O–H groups in total. The maximum Gasteiger partial charge on any atom is 0.259 e. The maximum absolute atomic E-state index is 5.45. The highest BCUT2D eigenvalue weighted by molar-refractivity contribution is 9.10. The molecule has 0 unspecified atom stereocenters. The van der Waals surface area contributed by atoms with Gasteiger partial charge in [-0.1, -0.05) is 5.16 Å². The lowest BCUT2D eigenvalue weighted by atomic mass is 9.96. The monoisotopic (exact) mass is 364 g/mol. The number of hydrogen-bond donors (Lipinski definition) is 0. The van der Waals surface area contributed by atoms with Crippen molar-refractivity contribution in [2.24, 2.45) is 0 Å². The second-order valence-electron chi connectivity index (χ2n) is 5.13. The highest BCUT2D eigenvalue weighted by atomic mass is 79.9. The fraction of sp³-hybridized carbons (Fsp3) is 0.357. The molecule has 4 rings (SSSR count). The van der Waals surface area contributed by atoms with Crippen LogP contribution in [0.3, 0.4) is 0 Å². The van der Waals surface area contributed by atoms with E-state index in [4.69, 9.17) is 4.52 Å². The summed E-state index contributed by atoms with van der Waals surface area (Å²) in [5, 5.41) is 10.4. The van der Waals surface area contributed by atoms with E-state index in [9.17, 15) is 0 Å². The Kier molecular flexibility index (Phi) is 3.39. The Hall–Kier alpha value is -1.47. The molecule has 0 fully saturated rings. The fourth-order valence-electron chi connectivity index (χ4n) is 2.67. The molecule has 1 aliphatic carbocycles. The molecule has 1 aliphatic rings. The van der Waals surface area contributed by atoms with Gasteiger partial charge in [0.05, 0.1) is 16.2 Å². The normalized spacial score (nSPS) is 14.3. The third kappa shape index (κ3) is 2.55. The van der Waals surface area contributed by atoms with Gasteiger partial charge in [-0.2, -0.15) is 10.1 Å². The van der Waals surface area contributed by atoms with Crippen LogP contribution in [0, 0.1) is 0 Å². The van der Waals surface area contributed by atoms with E-state index in [2.05, 4.69) is 36.5 Å². The van der Waals surface area contributed by atoms with Crippen LogP contribution in [0.1, 0.15) is 29.1 Å². The van der Waals surface area contributed by atoms with Gasteiger partial charge in [-0.15, -0.1) is 11.3 Å². The second kappa shape index (κ2) is 5.38. The summed E-state index contributed by atoms with van der Waals surface area (Å²) >= 11 is 5.19. The Balaban J connectivity index is 1.61. The van der Waals surface area contributed by atoms with E-state index in [1.807, 2.05) is 17.5 Å². The molecule has 0 amide bonds. The molecular formula is C14H13BrN4OS. The molecule has 5 nitrogen and oxygen atoms in total. The van der Waals surface area contributed by atoms with Crippen LogP contribution in [0.4, 0.5) is 0 Å². The van der Waals surface area contributed by atoms with Crippen molar-refractivity contribution in [3.8, 4) is 11.5 Å². The molecule has 0 atom stereocenters. The quantitative estimate of drug-likeness (QED) is 0.711. The first-order valence-electron chi connectivity index (χ1n) is 6.90. The average molecular weight is 365 g/mol. The number of rotatable bonds is 3. The van der Waals surface area contributed by atoms with Crippen molar-refractivity contribution in [1.29, 1.82) is 0 Å². The zero-order chi connectivity index (χ0) is 14.2. The molecule has 3 aromatic rings. The Morgan fingerprint density at radius 1 is 1.33 bits per heavy atom. The minimum atomic E-state index is 0.515. The van der Waals surface area contributed by atoms with Crippen molar-refractivity contribution < 1.29 is 4.52 Å². The minimum Gasteiger partial charge on any atom is -0.334 e. The van der Waals surface area contributed by atoms with Crippen LogP contribution in [-0.2, 0) is 19.4 Å². The van der Waals surface area contributed by atoms with E-state index in [-0.39, 0.29) is 0 Å². The summed E-state index contributed by atoms with van der Waals surface area (Å²) in [5.41, 5.74) is 2.53. The molecule has 0 spiro atoms. The number of halogens is 1. The van der Waals surface area contributed by atoms with Crippen molar-refractivity contribution >= 4 is 27.3 Å². The zero-order valence-corrected chi connectivity index (χ0v) is 13.7. The first-order valence-corrected chi connectivity index (χ1v) is 8.57. The molecule has 0 saturated carbocycles. The molecule has 0 aromatic carbocycles. The van der Waals surface area contributed by atoms with Crippen molar-refractivity contribution in [3.63, 3.8) is 0 Å². The number of thiophene rings is 1. The van der Waals surface area contributed by atoms with Crippen molar-refractivity contribution in [1.82, 2.24) is 19.9 Å². The highest BCUT2D eigenvalue weighted by Gasteiger charge is 2.20. The number of aryl methyl sites for hydroxylation is 1. The summed E-state index contributed by atoms with van der Waals surface area (Å²) in [4.78, 5) is 6.00. The summed E-state index contributed by atoms with van der Waals surface area (Å²) in [5.74, 6) is 1.28. The third-order valence-electron chi connectivity index (χ3n) is 3.67. The number of hydrogen-bond acceptors (Lipinski definition) is 5. The van der Waals surface area contributed by atoms with Crippen molar-refractivity contribution in [3.05, 3.63) is 38.5 Å². The topological polar surface area (TPSA) is 56.7 Å². The molecule has 21 heavy (non-hydrogen) atoms. The Morgan fingerprint density at radius 3 is 3.10 bits per heavy atom. The zero-order valence-electron chi connectivity index (χ0n) is 11.3. The van der Waals surface area contributed by atoms with Gasteiger partial charge in [0.1, 0.15) is 6.54 Å². The second-order valence-corrected chi connectivity index (χ2v) is 7.01. The van der Waals surface area contributed by atoms with Gasteiger partial charge in [0.2, 0.25) is 0 Å². The maximum atomic E-state index is 5.45. The van der Waals surface area contributed by atoms with Crippen LogP contribution >= 0.6 is 27.3 Å². The van der Waals surface area contributed by atoms with Gasteiger partial charge in [-0.3, -0.25) is 4.68 Å². The molecule has 0 saturated heterocycles. The molecule has 3 aromatic heterocycles. The summed E-state index contributed by atoms with van der Waals surface area (Å²) in [7, 11) is 0. The van der Waals surface area contributed by atoms with Crippen LogP contribution in [0.15, 0.2) is 26.8 Å². The SMILES string of the molecule is Brc1cnn(Cc2noc(-c3csc4c3CCCC4)n2)c1. The Labute approximate surface area is 134 Å². The molecule has 108 valence electrons. The summed E-state index contributed by atoms with van der Waals surface area (Å²) in [6, 6.07) is 0. The van der Waals surface area contributed by atoms with Gasteiger partial charge in [0.15, 0.2) is 5.82 Å². The van der Waals surface area contributed by atoms with Gasteiger partial charge >= 0.3 is 0 Å². The lowest BCUT2D eigenvalue weighted by Gasteiger charge is -2.10. The lowest BCUT2D eigenvalue weighted by molar-refractivity contribution is 0.418. The van der Waals surface area contributed by atoms with Gasteiger partial charge < -0.3 is 4.52 Å². The number of aromatic nitrogens is 4. The molecule has 7 heteroatoms. The standard InChI is InChI=1S/C14H13BrN4OS/c15-9-5-16-19(6-9)7-13-17-14(20-18-13)11-8-21-12-4-2-1-3-10(11)12/h5-6,8H,1-4,7H2. The fourth-order valence-corrected chi connectivity index (χ4v) is 4.12. The van der Waals surface area contributed by atoms with Crippen molar-refractivity contribution in [2.75, 3.05) is 0 Å². The summed E-state index contributed by atoms with van der Waals surface area (Å²) in [6.07, 6.45) is 8.48. The van der Waals surface area contributed by atoms with E-state index in [0.29, 0.717) is 18.3 Å². The van der Waals surface area contributed by atoms with Crippen LogP contribution in [-0.4, -0.2) is 19.9 Å². The largest absolute Gasteiger partial charge is 0.334 e.